The number of thiophene rings is 1. The summed E-state index contributed by atoms with van der Waals surface area (Å²) in [5.41, 5.74) is 9.81. The summed E-state index contributed by atoms with van der Waals surface area (Å²) in [5, 5.41) is 9.36. The molecular formula is C29H23FN5O2S+. The van der Waals surface area contributed by atoms with Gasteiger partial charge in [0.2, 0.25) is 5.27 Å². The van der Waals surface area contributed by atoms with Crippen molar-refractivity contribution >= 4 is 49.8 Å². The number of amides is 1. The van der Waals surface area contributed by atoms with Gasteiger partial charge in [-0.25, -0.2) is 9.37 Å². The van der Waals surface area contributed by atoms with Gasteiger partial charge in [-0.3, -0.25) is 14.6 Å². The van der Waals surface area contributed by atoms with E-state index in [0.29, 0.717) is 27.0 Å². The molecule has 0 spiro atoms. The Morgan fingerprint density at radius 2 is 1.84 bits per heavy atom. The van der Waals surface area contributed by atoms with E-state index in [-0.39, 0.29) is 28.3 Å². The molecule has 3 aromatic heterocycles. The number of anilines is 2. The molecule has 3 aromatic carbocycles. The van der Waals surface area contributed by atoms with Crippen molar-refractivity contribution in [2.75, 3.05) is 11.1 Å². The van der Waals surface area contributed by atoms with Gasteiger partial charge < -0.3 is 5.73 Å². The van der Waals surface area contributed by atoms with E-state index < -0.39 is 5.91 Å². The van der Waals surface area contributed by atoms with E-state index in [1.54, 1.807) is 16.9 Å². The van der Waals surface area contributed by atoms with Crippen LogP contribution in [-0.2, 0) is 0 Å². The number of nitrogens with one attached hydrogen (secondary N) is 1. The topological polar surface area (TPSA) is 97.9 Å². The van der Waals surface area contributed by atoms with Crippen LogP contribution in [0.25, 0.3) is 43.4 Å². The molecule has 9 heteroatoms. The molecule has 0 aliphatic heterocycles. The molecule has 6 aromatic rings. The van der Waals surface area contributed by atoms with Gasteiger partial charge in [0, 0.05) is 10.9 Å². The summed E-state index contributed by atoms with van der Waals surface area (Å²) in [6.45, 7) is 3.90. The van der Waals surface area contributed by atoms with Crippen molar-refractivity contribution in [2.24, 2.45) is 0 Å². The Morgan fingerprint density at radius 1 is 1.05 bits per heavy atom. The number of pyridine rings is 1. The van der Waals surface area contributed by atoms with Crippen LogP contribution in [0.5, 0.6) is 0 Å². The molecule has 3 N–H and O–H groups in total. The Balaban J connectivity index is 1.53. The van der Waals surface area contributed by atoms with E-state index in [4.69, 9.17) is 15.2 Å². The molecular weight excluding hydrogens is 501 g/mol. The molecule has 0 fully saturated rings. The maximum atomic E-state index is 14.3. The second-order valence-corrected chi connectivity index (χ2v) is 10.2. The van der Waals surface area contributed by atoms with Crippen molar-refractivity contribution in [3.05, 3.63) is 89.7 Å². The van der Waals surface area contributed by atoms with Crippen molar-refractivity contribution in [2.45, 2.75) is 19.9 Å². The van der Waals surface area contributed by atoms with Gasteiger partial charge in [-0.2, -0.15) is 0 Å². The number of nitrogen functional groups attached to an aromatic ring is 1. The number of nitrogens with zero attached hydrogens (tertiary/aromatic N) is 3. The van der Waals surface area contributed by atoms with E-state index in [0.717, 1.165) is 16.3 Å². The molecule has 3 heterocycles. The fraction of sp³-hybridized carbons (Fsp3) is 0.103. The number of aromatic nitrogens is 3. The second-order valence-electron chi connectivity index (χ2n) is 9.21. The molecule has 0 bridgehead atoms. The average Bonchev–Trinajstić information content (AvgIpc) is 3.52. The van der Waals surface area contributed by atoms with E-state index in [9.17, 15) is 9.18 Å². The maximum absolute atomic E-state index is 14.3. The normalized spacial score (nSPS) is 11.5. The summed E-state index contributed by atoms with van der Waals surface area (Å²) in [5.74, 6) is -0.598. The summed E-state index contributed by atoms with van der Waals surface area (Å²) >= 11 is 1.18. The van der Waals surface area contributed by atoms with Crippen LogP contribution in [0.15, 0.2) is 83.5 Å². The summed E-state index contributed by atoms with van der Waals surface area (Å²) in [4.78, 5) is 19.0. The van der Waals surface area contributed by atoms with Gasteiger partial charge in [-0.05, 0) is 58.6 Å². The predicted molar refractivity (Wildman–Crippen MR) is 147 cm³/mol. The van der Waals surface area contributed by atoms with Gasteiger partial charge in [-0.1, -0.05) is 54.6 Å². The Labute approximate surface area is 221 Å². The minimum absolute atomic E-state index is 0.0734. The minimum Gasteiger partial charge on any atom is -0.397 e. The zero-order valence-corrected chi connectivity index (χ0v) is 21.4. The summed E-state index contributed by atoms with van der Waals surface area (Å²) in [6, 6.07) is 22.4. The number of fused-ring (bicyclic) bond motifs is 2. The number of benzene rings is 3. The first kappa shape index (κ1) is 23.7. The van der Waals surface area contributed by atoms with Crippen LogP contribution < -0.4 is 15.7 Å². The van der Waals surface area contributed by atoms with E-state index in [1.165, 1.54) is 23.5 Å². The van der Waals surface area contributed by atoms with Crippen LogP contribution in [0, 0.1) is 5.82 Å². The van der Waals surface area contributed by atoms with Crippen molar-refractivity contribution in [3.63, 3.8) is 0 Å². The molecule has 1 amide bonds. The zero-order valence-electron chi connectivity index (χ0n) is 20.6. The van der Waals surface area contributed by atoms with Crippen molar-refractivity contribution in [1.29, 1.82) is 0 Å². The molecule has 0 saturated heterocycles. The lowest BCUT2D eigenvalue weighted by atomic mass is 9.97. The lowest BCUT2D eigenvalue weighted by Gasteiger charge is -2.11. The lowest BCUT2D eigenvalue weighted by molar-refractivity contribution is -0.779. The number of halogens is 1. The zero-order chi connectivity index (χ0) is 26.4. The summed E-state index contributed by atoms with van der Waals surface area (Å²) in [6.07, 6.45) is 1.61. The van der Waals surface area contributed by atoms with Crippen LogP contribution in [-0.4, -0.2) is 16.2 Å². The highest BCUT2D eigenvalue weighted by molar-refractivity contribution is 7.21. The van der Waals surface area contributed by atoms with Gasteiger partial charge >= 0.3 is 5.88 Å². The second kappa shape index (κ2) is 9.35. The quantitative estimate of drug-likeness (QED) is 0.247. The highest BCUT2D eigenvalue weighted by atomic mass is 32.1. The monoisotopic (exact) mass is 524 g/mol. The number of nitrogens with two attached hydrogens (primary N) is 1. The Hall–Kier alpha value is -4.63. The molecule has 6 rings (SSSR count). The van der Waals surface area contributed by atoms with E-state index >= 15 is 0 Å². The smallest absolute Gasteiger partial charge is 0.302 e. The van der Waals surface area contributed by atoms with Gasteiger partial charge in [0.25, 0.3) is 12.1 Å². The van der Waals surface area contributed by atoms with Gasteiger partial charge in [0.15, 0.2) is 6.04 Å². The average molecular weight is 525 g/mol. The van der Waals surface area contributed by atoms with E-state index in [2.05, 4.69) is 10.6 Å². The third-order valence-corrected chi connectivity index (χ3v) is 7.45. The van der Waals surface area contributed by atoms with Gasteiger partial charge in [0.05, 0.1) is 11.4 Å². The standard InChI is InChI=1S/C29H22FN5O2S/c1-16(2)35-15-24(37-34-35)33-28(36)27-26(31)25-22(18-9-5-10-19(30)13-18)14-23(32-29(25)38-27)21-12-6-8-17-7-3-4-11-20(17)21/h3-16H,1-2H3,(H2-,31,33,34,36)/p+1. The van der Waals surface area contributed by atoms with Gasteiger partial charge in [0.1, 0.15) is 15.5 Å². The van der Waals surface area contributed by atoms with Crippen LogP contribution in [0.4, 0.5) is 16.0 Å². The summed E-state index contributed by atoms with van der Waals surface area (Å²) in [7, 11) is 0. The molecule has 0 aliphatic carbocycles. The molecule has 38 heavy (non-hydrogen) atoms. The van der Waals surface area contributed by atoms with Crippen molar-refractivity contribution < 1.29 is 18.4 Å². The molecule has 7 nitrogen and oxygen atoms in total. The highest BCUT2D eigenvalue weighted by Crippen LogP contribution is 2.42. The molecule has 0 aliphatic rings. The van der Waals surface area contributed by atoms with E-state index in [1.807, 2.05) is 68.4 Å². The third-order valence-electron chi connectivity index (χ3n) is 6.36. The number of rotatable bonds is 5. The van der Waals surface area contributed by atoms with Crippen molar-refractivity contribution in [1.82, 2.24) is 10.3 Å². The van der Waals surface area contributed by atoms with Crippen molar-refractivity contribution in [3.8, 4) is 22.4 Å². The maximum Gasteiger partial charge on any atom is 0.302 e. The predicted octanol–water partition coefficient (Wildman–Crippen LogP) is 6.61. The Kier molecular flexibility index (Phi) is 5.84. The number of hydrogen-bond donors (Lipinski definition) is 2. The first-order valence-corrected chi connectivity index (χ1v) is 12.9. The fourth-order valence-electron chi connectivity index (χ4n) is 4.49. The third kappa shape index (κ3) is 4.16. The number of hydrogen-bond acceptors (Lipinski definition) is 6. The molecule has 0 unspecified atom stereocenters. The largest absolute Gasteiger partial charge is 0.397 e. The van der Waals surface area contributed by atoms with Crippen LogP contribution >= 0.6 is 11.3 Å². The van der Waals surface area contributed by atoms with Crippen LogP contribution in [0.3, 0.4) is 0 Å². The first-order chi connectivity index (χ1) is 18.4. The van der Waals surface area contributed by atoms with Crippen LogP contribution in [0.1, 0.15) is 29.6 Å². The number of carbonyl (C=O) groups excluding carboxylic acids is 1. The molecule has 0 radical (unpaired) electrons. The Bertz CT molecular complexity index is 1840. The highest BCUT2D eigenvalue weighted by Gasteiger charge is 2.24. The van der Waals surface area contributed by atoms with Gasteiger partial charge in [-0.15, -0.1) is 11.3 Å². The van der Waals surface area contributed by atoms with Crippen LogP contribution in [0.2, 0.25) is 0 Å². The Morgan fingerprint density at radius 3 is 2.63 bits per heavy atom. The molecule has 188 valence electrons. The minimum atomic E-state index is -0.436. The SMILES string of the molecule is CC(C)[n+]1cc(NC(=O)c2sc3nc(-c4cccc5ccccc45)cc(-c4cccc(F)c4)c3c2N)on1. The lowest BCUT2D eigenvalue weighted by Crippen LogP contribution is -2.36. The summed E-state index contributed by atoms with van der Waals surface area (Å²) < 4.78 is 21.1. The fourth-order valence-corrected chi connectivity index (χ4v) is 5.50. The number of carbonyl (C=O) groups is 1. The molecule has 0 atom stereocenters. The first-order valence-electron chi connectivity index (χ1n) is 12.1. The molecule has 0 saturated carbocycles.